The number of aromatic nitrogens is 3. The summed E-state index contributed by atoms with van der Waals surface area (Å²) in [7, 11) is 0. The average Bonchev–Trinajstić information content (AvgIpc) is 2.83. The molecule has 0 saturated heterocycles. The number of hydrogen-bond acceptors (Lipinski definition) is 4. The molecule has 1 atom stereocenters. The van der Waals surface area contributed by atoms with Crippen molar-refractivity contribution in [1.82, 2.24) is 19.7 Å². The van der Waals surface area contributed by atoms with E-state index in [4.69, 9.17) is 0 Å². The van der Waals surface area contributed by atoms with Gasteiger partial charge in [-0.25, -0.2) is 4.79 Å². The van der Waals surface area contributed by atoms with E-state index >= 15 is 0 Å². The normalized spacial score (nSPS) is 11.7. The van der Waals surface area contributed by atoms with Crippen molar-refractivity contribution in [2.24, 2.45) is 0 Å². The van der Waals surface area contributed by atoms with Crippen molar-refractivity contribution in [2.75, 3.05) is 0 Å². The highest BCUT2D eigenvalue weighted by molar-refractivity contribution is 5.92. The van der Waals surface area contributed by atoms with Gasteiger partial charge in [-0.3, -0.25) is 14.2 Å². The highest BCUT2D eigenvalue weighted by Gasteiger charge is 2.22. The van der Waals surface area contributed by atoms with Crippen LogP contribution >= 0.6 is 0 Å². The molecule has 0 bridgehead atoms. The lowest BCUT2D eigenvalue weighted by atomic mass is 10.1. The molecule has 3 aromatic carbocycles. The maximum atomic E-state index is 13.3. The molecule has 4 aromatic rings. The molecule has 0 spiro atoms. The van der Waals surface area contributed by atoms with Gasteiger partial charge >= 0.3 is 5.69 Å². The smallest absolute Gasteiger partial charge is 0.344 e. The van der Waals surface area contributed by atoms with E-state index < -0.39 is 17.2 Å². The summed E-state index contributed by atoms with van der Waals surface area (Å²) in [5, 5.41) is 7.01. The zero-order valence-corrected chi connectivity index (χ0v) is 18.4. The lowest BCUT2D eigenvalue weighted by Gasteiger charge is -2.16. The molecule has 33 heavy (non-hydrogen) atoms. The summed E-state index contributed by atoms with van der Waals surface area (Å²) in [6, 6.07) is 25.4. The first-order valence-electron chi connectivity index (χ1n) is 10.6. The molecule has 7 heteroatoms. The van der Waals surface area contributed by atoms with Gasteiger partial charge in [0.05, 0.1) is 18.3 Å². The Kier molecular flexibility index (Phi) is 6.31. The van der Waals surface area contributed by atoms with Crippen molar-refractivity contribution in [1.29, 1.82) is 0 Å². The second-order valence-electron chi connectivity index (χ2n) is 7.86. The van der Waals surface area contributed by atoms with Crippen LogP contribution in [0.1, 0.15) is 40.1 Å². The number of nitrogens with zero attached hydrogens (tertiary/aromatic N) is 3. The topological polar surface area (TPSA) is 86.0 Å². The quantitative estimate of drug-likeness (QED) is 0.499. The number of carbonyl (C=O) groups excluding carboxylic acids is 1. The van der Waals surface area contributed by atoms with E-state index in [2.05, 4.69) is 10.4 Å². The summed E-state index contributed by atoms with van der Waals surface area (Å²) in [5.74, 6) is -0.639. The van der Waals surface area contributed by atoms with E-state index in [9.17, 15) is 14.4 Å². The number of amides is 1. The number of benzene rings is 3. The van der Waals surface area contributed by atoms with Crippen LogP contribution in [0, 0.1) is 6.92 Å². The van der Waals surface area contributed by atoms with Crippen LogP contribution in [0.5, 0.6) is 0 Å². The van der Waals surface area contributed by atoms with E-state index in [1.54, 1.807) is 18.2 Å². The maximum Gasteiger partial charge on any atom is 0.352 e. The van der Waals surface area contributed by atoms with Crippen molar-refractivity contribution in [2.45, 2.75) is 26.4 Å². The molecule has 1 aromatic heterocycles. The van der Waals surface area contributed by atoms with E-state index in [1.165, 1.54) is 0 Å². The molecule has 0 unspecified atom stereocenters. The molecule has 166 valence electrons. The Balaban J connectivity index is 1.81. The van der Waals surface area contributed by atoms with Gasteiger partial charge in [0.25, 0.3) is 11.5 Å². The molecule has 0 radical (unpaired) electrons. The fourth-order valence-electron chi connectivity index (χ4n) is 3.58. The van der Waals surface area contributed by atoms with Gasteiger partial charge in [0, 0.05) is 0 Å². The molecule has 1 amide bonds. The summed E-state index contributed by atoms with van der Waals surface area (Å²) in [6.45, 7) is 3.75. The van der Waals surface area contributed by atoms with Crippen LogP contribution in [0.15, 0.2) is 94.5 Å². The van der Waals surface area contributed by atoms with Gasteiger partial charge in [-0.15, -0.1) is 0 Å². The van der Waals surface area contributed by atoms with Gasteiger partial charge in [-0.1, -0.05) is 72.8 Å². The minimum Gasteiger partial charge on any atom is -0.344 e. The minimum atomic E-state index is -0.731. The minimum absolute atomic E-state index is 0.0291. The third-order valence-electron chi connectivity index (χ3n) is 5.35. The Morgan fingerprint density at radius 1 is 0.939 bits per heavy atom. The Hall–Kier alpha value is -4.26. The summed E-state index contributed by atoms with van der Waals surface area (Å²) < 4.78 is 2.16. The lowest BCUT2D eigenvalue weighted by Crippen LogP contribution is -2.46. The molecule has 0 saturated carbocycles. The number of nitrogens with one attached hydrogen (secondary N) is 1. The average molecular weight is 441 g/mol. The van der Waals surface area contributed by atoms with Gasteiger partial charge in [-0.05, 0) is 42.7 Å². The van der Waals surface area contributed by atoms with Crippen molar-refractivity contribution in [3.8, 4) is 5.69 Å². The first-order valence-corrected chi connectivity index (χ1v) is 10.6. The second-order valence-corrected chi connectivity index (χ2v) is 7.86. The van der Waals surface area contributed by atoms with Crippen LogP contribution in [-0.2, 0) is 6.54 Å². The lowest BCUT2D eigenvalue weighted by molar-refractivity contribution is 0.0930. The predicted octanol–water partition coefficient (Wildman–Crippen LogP) is 3.24. The molecule has 0 fully saturated rings. The van der Waals surface area contributed by atoms with Crippen LogP contribution in [0.4, 0.5) is 0 Å². The Morgan fingerprint density at radius 2 is 1.61 bits per heavy atom. The SMILES string of the molecule is Cc1cccc(-n2nc(C(=O)N[C@H](C)c3ccccc3)c(=O)n(Cc3ccccc3)c2=O)c1. The van der Waals surface area contributed by atoms with Crippen molar-refractivity contribution in [3.63, 3.8) is 0 Å². The number of hydrogen-bond donors (Lipinski definition) is 1. The third kappa shape index (κ3) is 4.82. The molecule has 0 aliphatic carbocycles. The van der Waals surface area contributed by atoms with Gasteiger partial charge < -0.3 is 5.32 Å². The van der Waals surface area contributed by atoms with E-state index in [1.807, 2.05) is 80.6 Å². The molecule has 0 aliphatic rings. The molecule has 1 heterocycles. The third-order valence-corrected chi connectivity index (χ3v) is 5.35. The van der Waals surface area contributed by atoms with Gasteiger partial charge in [0.1, 0.15) is 0 Å². The summed E-state index contributed by atoms with van der Waals surface area (Å²) in [5.41, 5.74) is 1.38. The Labute approximate surface area is 191 Å². The first kappa shape index (κ1) is 22.0. The standard InChI is InChI=1S/C26H24N4O3/c1-18-10-9-15-22(16-18)30-26(33)29(17-20-11-5-3-6-12-20)25(32)23(28-30)24(31)27-19(2)21-13-7-4-8-14-21/h3-16,19H,17H2,1-2H3,(H,27,31)/t19-/m1/s1. The van der Waals surface area contributed by atoms with Crippen LogP contribution in [0.3, 0.4) is 0 Å². The number of aryl methyl sites for hydroxylation is 1. The molecular formula is C26H24N4O3. The summed E-state index contributed by atoms with van der Waals surface area (Å²) >= 11 is 0. The van der Waals surface area contributed by atoms with Crippen molar-refractivity contribution < 1.29 is 4.79 Å². The highest BCUT2D eigenvalue weighted by atomic mass is 16.2. The fraction of sp³-hybridized carbons (Fsp3) is 0.154. The highest BCUT2D eigenvalue weighted by Crippen LogP contribution is 2.12. The van der Waals surface area contributed by atoms with Crippen LogP contribution < -0.4 is 16.6 Å². The largest absolute Gasteiger partial charge is 0.352 e. The predicted molar refractivity (Wildman–Crippen MR) is 127 cm³/mol. The molecule has 7 nitrogen and oxygen atoms in total. The summed E-state index contributed by atoms with van der Waals surface area (Å²) in [4.78, 5) is 39.6. The molecule has 4 rings (SSSR count). The van der Waals surface area contributed by atoms with Gasteiger partial charge in [-0.2, -0.15) is 9.78 Å². The van der Waals surface area contributed by atoms with Crippen LogP contribution in [0.2, 0.25) is 0 Å². The Morgan fingerprint density at radius 3 is 2.27 bits per heavy atom. The number of carbonyl (C=O) groups is 1. The zero-order chi connectivity index (χ0) is 23.4. The van der Waals surface area contributed by atoms with Crippen LogP contribution in [0.25, 0.3) is 5.69 Å². The van der Waals surface area contributed by atoms with Gasteiger partial charge in [0.15, 0.2) is 0 Å². The first-order chi connectivity index (χ1) is 15.9. The molecular weight excluding hydrogens is 416 g/mol. The van der Waals surface area contributed by atoms with Crippen molar-refractivity contribution in [3.05, 3.63) is 128 Å². The Bertz CT molecular complexity index is 1390. The zero-order valence-electron chi connectivity index (χ0n) is 18.4. The molecule has 1 N–H and O–H groups in total. The van der Waals surface area contributed by atoms with E-state index in [0.29, 0.717) is 5.69 Å². The molecule has 0 aliphatic heterocycles. The van der Waals surface area contributed by atoms with Crippen LogP contribution in [-0.4, -0.2) is 20.3 Å². The van der Waals surface area contributed by atoms with E-state index in [0.717, 1.165) is 25.9 Å². The van der Waals surface area contributed by atoms with E-state index in [-0.39, 0.29) is 18.3 Å². The second kappa shape index (κ2) is 9.48. The summed E-state index contributed by atoms with van der Waals surface area (Å²) in [6.07, 6.45) is 0. The fourth-order valence-corrected chi connectivity index (χ4v) is 3.58. The van der Waals surface area contributed by atoms with Crippen molar-refractivity contribution >= 4 is 5.91 Å². The van der Waals surface area contributed by atoms with Gasteiger partial charge in [0.2, 0.25) is 5.69 Å². The monoisotopic (exact) mass is 440 g/mol. The number of rotatable bonds is 6. The maximum absolute atomic E-state index is 13.3.